The fourth-order valence-electron chi connectivity index (χ4n) is 2.69. The summed E-state index contributed by atoms with van der Waals surface area (Å²) in [6.45, 7) is 5.31. The molecule has 6 heteroatoms. The van der Waals surface area contributed by atoms with Crippen molar-refractivity contribution in [1.82, 2.24) is 4.98 Å². The fraction of sp³-hybridized carbons (Fsp3) is 0.263. The van der Waals surface area contributed by atoms with E-state index in [2.05, 4.69) is 4.98 Å². The van der Waals surface area contributed by atoms with Crippen LogP contribution in [0.25, 0.3) is 11.3 Å². The molecule has 130 valence electrons. The smallest absolute Gasteiger partial charge is 0.210 e. The SMILES string of the molecule is Cc1ccc(C2=C(c3ccc(S(C)(=O)=O)cc3)OC(C)(C)C2=O)cn1. The van der Waals surface area contributed by atoms with Crippen LogP contribution in [-0.4, -0.2) is 31.0 Å². The molecule has 2 heterocycles. The van der Waals surface area contributed by atoms with E-state index in [0.29, 0.717) is 22.5 Å². The average Bonchev–Trinajstić information content (AvgIpc) is 2.78. The predicted molar refractivity (Wildman–Crippen MR) is 95.5 cm³/mol. The number of hydrogen-bond donors (Lipinski definition) is 0. The highest BCUT2D eigenvalue weighted by atomic mass is 32.2. The van der Waals surface area contributed by atoms with Gasteiger partial charge in [-0.05, 0) is 51.1 Å². The van der Waals surface area contributed by atoms with Gasteiger partial charge in [0.05, 0.1) is 10.5 Å². The van der Waals surface area contributed by atoms with Crippen LogP contribution in [0, 0.1) is 6.92 Å². The van der Waals surface area contributed by atoms with Crippen LogP contribution in [0.3, 0.4) is 0 Å². The highest BCUT2D eigenvalue weighted by Gasteiger charge is 2.42. The van der Waals surface area contributed by atoms with Gasteiger partial charge in [-0.15, -0.1) is 0 Å². The summed E-state index contributed by atoms with van der Waals surface area (Å²) in [5, 5.41) is 0. The Morgan fingerprint density at radius 1 is 1.00 bits per heavy atom. The highest BCUT2D eigenvalue weighted by molar-refractivity contribution is 7.90. The number of carbonyl (C=O) groups excluding carboxylic acids is 1. The maximum absolute atomic E-state index is 12.8. The number of carbonyl (C=O) groups is 1. The lowest BCUT2D eigenvalue weighted by Gasteiger charge is -2.17. The third kappa shape index (κ3) is 3.22. The number of Topliss-reactive ketones (excluding diaryl/α,β-unsaturated/α-hetero) is 1. The molecule has 1 aliphatic rings. The molecule has 3 rings (SSSR count). The van der Waals surface area contributed by atoms with Gasteiger partial charge in [-0.25, -0.2) is 8.42 Å². The second-order valence-corrected chi connectivity index (χ2v) is 8.65. The Kier molecular flexibility index (Phi) is 4.03. The number of hydrogen-bond acceptors (Lipinski definition) is 5. The van der Waals surface area contributed by atoms with Crippen LogP contribution in [0.4, 0.5) is 0 Å². The molecule has 0 atom stereocenters. The standard InChI is InChI=1S/C19H19NO4S/c1-12-5-6-14(11-20-12)16-17(24-19(2,3)18(16)21)13-7-9-15(10-8-13)25(4,22)23/h5-11H,1-4H3. The molecule has 1 aromatic heterocycles. The summed E-state index contributed by atoms with van der Waals surface area (Å²) in [6.07, 6.45) is 2.81. The maximum atomic E-state index is 12.8. The molecule has 0 radical (unpaired) electrons. The molecular weight excluding hydrogens is 338 g/mol. The molecule has 0 saturated carbocycles. The molecule has 0 bridgehead atoms. The van der Waals surface area contributed by atoms with E-state index < -0.39 is 15.4 Å². The Labute approximate surface area is 147 Å². The number of nitrogens with zero attached hydrogens (tertiary/aromatic N) is 1. The lowest BCUT2D eigenvalue weighted by molar-refractivity contribution is -0.125. The summed E-state index contributed by atoms with van der Waals surface area (Å²) >= 11 is 0. The van der Waals surface area contributed by atoms with Crippen LogP contribution in [0.2, 0.25) is 0 Å². The number of pyridine rings is 1. The van der Waals surface area contributed by atoms with Gasteiger partial charge in [0.2, 0.25) is 5.78 Å². The van der Waals surface area contributed by atoms with Gasteiger partial charge in [-0.2, -0.15) is 0 Å². The summed E-state index contributed by atoms with van der Waals surface area (Å²) in [5.41, 5.74) is 1.68. The Morgan fingerprint density at radius 2 is 1.60 bits per heavy atom. The van der Waals surface area contributed by atoms with Gasteiger partial charge in [-0.3, -0.25) is 9.78 Å². The van der Waals surface area contributed by atoms with E-state index in [1.54, 1.807) is 32.2 Å². The van der Waals surface area contributed by atoms with E-state index in [1.807, 2.05) is 19.1 Å². The minimum Gasteiger partial charge on any atom is -0.478 e. The van der Waals surface area contributed by atoms with Gasteiger partial charge in [0, 0.05) is 29.3 Å². The fourth-order valence-corrected chi connectivity index (χ4v) is 3.32. The molecule has 1 aromatic carbocycles. The number of ether oxygens (including phenoxy) is 1. The second kappa shape index (κ2) is 5.81. The number of ketones is 1. The van der Waals surface area contributed by atoms with Gasteiger partial charge in [-0.1, -0.05) is 6.07 Å². The van der Waals surface area contributed by atoms with Crippen molar-refractivity contribution < 1.29 is 17.9 Å². The molecular formula is C19H19NO4S. The van der Waals surface area contributed by atoms with E-state index in [9.17, 15) is 13.2 Å². The minimum atomic E-state index is -3.28. The highest BCUT2D eigenvalue weighted by Crippen LogP contribution is 2.41. The molecule has 0 aliphatic carbocycles. The van der Waals surface area contributed by atoms with Crippen molar-refractivity contribution in [1.29, 1.82) is 0 Å². The number of aromatic nitrogens is 1. The quantitative estimate of drug-likeness (QED) is 0.844. The van der Waals surface area contributed by atoms with Gasteiger partial charge in [0.1, 0.15) is 5.76 Å². The van der Waals surface area contributed by atoms with Gasteiger partial charge in [0.15, 0.2) is 15.4 Å². The first kappa shape index (κ1) is 17.4. The Balaban J connectivity index is 2.15. The number of aryl methyl sites for hydroxylation is 1. The molecule has 0 unspecified atom stereocenters. The molecule has 25 heavy (non-hydrogen) atoms. The molecule has 2 aromatic rings. The first-order valence-electron chi connectivity index (χ1n) is 7.81. The maximum Gasteiger partial charge on any atom is 0.210 e. The zero-order chi connectivity index (χ0) is 18.4. The minimum absolute atomic E-state index is 0.125. The van der Waals surface area contributed by atoms with Crippen molar-refractivity contribution in [3.8, 4) is 0 Å². The van der Waals surface area contributed by atoms with Gasteiger partial charge in [0.25, 0.3) is 0 Å². The monoisotopic (exact) mass is 357 g/mol. The summed E-state index contributed by atoms with van der Waals surface area (Å²) in [6, 6.07) is 10.0. The van der Waals surface area contributed by atoms with Crippen LogP contribution >= 0.6 is 0 Å². The number of sulfone groups is 1. The molecule has 0 fully saturated rings. The van der Waals surface area contributed by atoms with Crippen LogP contribution in [0.1, 0.15) is 30.7 Å². The summed E-state index contributed by atoms with van der Waals surface area (Å²) in [4.78, 5) is 17.3. The van der Waals surface area contributed by atoms with Crippen LogP contribution in [0.5, 0.6) is 0 Å². The zero-order valence-corrected chi connectivity index (χ0v) is 15.3. The van der Waals surface area contributed by atoms with Crippen LogP contribution in [-0.2, 0) is 19.4 Å². The van der Waals surface area contributed by atoms with Crippen molar-refractivity contribution in [3.63, 3.8) is 0 Å². The van der Waals surface area contributed by atoms with Crippen molar-refractivity contribution in [2.24, 2.45) is 0 Å². The molecule has 0 spiro atoms. The van der Waals surface area contributed by atoms with Crippen LogP contribution < -0.4 is 0 Å². The largest absolute Gasteiger partial charge is 0.478 e. The normalized spacial score (nSPS) is 16.9. The average molecular weight is 357 g/mol. The molecule has 0 amide bonds. The Bertz CT molecular complexity index is 969. The summed E-state index contributed by atoms with van der Waals surface area (Å²) < 4.78 is 29.2. The number of benzene rings is 1. The lowest BCUT2D eigenvalue weighted by Crippen LogP contribution is -2.29. The Hall–Kier alpha value is -2.47. The molecule has 0 saturated heterocycles. The molecule has 5 nitrogen and oxygen atoms in total. The van der Waals surface area contributed by atoms with Gasteiger partial charge >= 0.3 is 0 Å². The van der Waals surface area contributed by atoms with Crippen molar-refractivity contribution in [3.05, 3.63) is 59.4 Å². The van der Waals surface area contributed by atoms with Gasteiger partial charge < -0.3 is 4.74 Å². The van der Waals surface area contributed by atoms with Crippen LogP contribution in [0.15, 0.2) is 47.5 Å². The lowest BCUT2D eigenvalue weighted by atomic mass is 9.93. The van der Waals surface area contributed by atoms with Crippen molar-refractivity contribution >= 4 is 27.0 Å². The van der Waals surface area contributed by atoms with E-state index >= 15 is 0 Å². The third-order valence-corrected chi connectivity index (χ3v) is 5.23. The van der Waals surface area contributed by atoms with Crippen molar-refractivity contribution in [2.75, 3.05) is 6.26 Å². The summed E-state index contributed by atoms with van der Waals surface area (Å²) in [7, 11) is -3.28. The first-order chi connectivity index (χ1) is 11.6. The van der Waals surface area contributed by atoms with E-state index in [4.69, 9.17) is 4.74 Å². The van der Waals surface area contributed by atoms with Crippen molar-refractivity contribution in [2.45, 2.75) is 31.3 Å². The predicted octanol–water partition coefficient (Wildman–Crippen LogP) is 3.04. The molecule has 1 aliphatic heterocycles. The zero-order valence-electron chi connectivity index (χ0n) is 14.5. The van der Waals surface area contributed by atoms with E-state index in [1.165, 1.54) is 12.1 Å². The second-order valence-electron chi connectivity index (χ2n) is 6.63. The van der Waals surface area contributed by atoms with E-state index in [0.717, 1.165) is 11.9 Å². The summed E-state index contributed by atoms with van der Waals surface area (Å²) in [5.74, 6) is 0.320. The number of rotatable bonds is 3. The third-order valence-electron chi connectivity index (χ3n) is 4.10. The van der Waals surface area contributed by atoms with E-state index in [-0.39, 0.29) is 10.7 Å². The first-order valence-corrected chi connectivity index (χ1v) is 9.70. The Morgan fingerprint density at radius 3 is 2.12 bits per heavy atom. The topological polar surface area (TPSA) is 73.3 Å². The molecule has 0 N–H and O–H groups in total.